The van der Waals surface area contributed by atoms with Gasteiger partial charge in [0, 0.05) is 19.4 Å². The van der Waals surface area contributed by atoms with E-state index >= 15 is 0 Å². The summed E-state index contributed by atoms with van der Waals surface area (Å²) in [6.45, 7) is 3.74. The Hall–Kier alpha value is -1.25. The Bertz CT molecular complexity index is 948. The van der Waals surface area contributed by atoms with Crippen molar-refractivity contribution in [3.8, 4) is 0 Å². The van der Waals surface area contributed by atoms with Crippen LogP contribution in [-0.2, 0) is 32.7 Å². The minimum atomic E-state index is -4.38. The van der Waals surface area contributed by atoms with Crippen molar-refractivity contribution in [2.24, 2.45) is 5.73 Å². The number of hydrogen-bond donors (Lipinski definition) is 2. The Morgan fingerprint density at radius 2 is 0.895 bits per heavy atom. The van der Waals surface area contributed by atoms with Gasteiger partial charge in [0.05, 0.1) is 13.2 Å². The first-order valence-electron chi connectivity index (χ1n) is 24.2. The van der Waals surface area contributed by atoms with E-state index in [1.807, 2.05) is 6.08 Å². The van der Waals surface area contributed by atoms with Crippen molar-refractivity contribution in [1.82, 2.24) is 0 Å². The number of phosphoric acid groups is 1. The van der Waals surface area contributed by atoms with E-state index in [1.165, 1.54) is 180 Å². The number of phosphoric ester groups is 1. The molecule has 0 saturated carbocycles. The van der Waals surface area contributed by atoms with Gasteiger partial charge in [-0.25, -0.2) is 4.57 Å². The molecule has 0 spiro atoms. The minimum absolute atomic E-state index is 0.0528. The molecule has 0 aliphatic rings. The van der Waals surface area contributed by atoms with Gasteiger partial charge in [-0.3, -0.25) is 18.6 Å². The number of esters is 2. The first-order chi connectivity index (χ1) is 27.8. The lowest BCUT2D eigenvalue weighted by Gasteiger charge is -2.19. The number of rotatable bonds is 46. The van der Waals surface area contributed by atoms with E-state index in [0.29, 0.717) is 12.8 Å². The lowest BCUT2D eigenvalue weighted by Crippen LogP contribution is -2.29. The third-order valence-electron chi connectivity index (χ3n) is 10.7. The van der Waals surface area contributed by atoms with Crippen LogP contribution in [0, 0.1) is 0 Å². The Kier molecular flexibility index (Phi) is 43.3. The maximum Gasteiger partial charge on any atom is 0.472 e. The van der Waals surface area contributed by atoms with Gasteiger partial charge in [0.1, 0.15) is 6.61 Å². The Morgan fingerprint density at radius 3 is 1.32 bits per heavy atom. The van der Waals surface area contributed by atoms with Crippen LogP contribution in [0.25, 0.3) is 0 Å². The first-order valence-corrected chi connectivity index (χ1v) is 25.7. The summed E-state index contributed by atoms with van der Waals surface area (Å²) in [5.74, 6) is -0.871. The van der Waals surface area contributed by atoms with Crippen LogP contribution < -0.4 is 5.73 Å². The number of allylic oxidation sites excluding steroid dienone is 2. The summed E-state index contributed by atoms with van der Waals surface area (Å²) in [6.07, 6.45) is 46.9. The number of hydrogen-bond acceptors (Lipinski definition) is 8. The van der Waals surface area contributed by atoms with Gasteiger partial charge < -0.3 is 20.1 Å². The Balaban J connectivity index is 4.05. The summed E-state index contributed by atoms with van der Waals surface area (Å²) in [7, 11) is -4.38. The molecule has 0 amide bonds. The molecule has 0 aromatic carbocycles. The molecule has 338 valence electrons. The van der Waals surface area contributed by atoms with Gasteiger partial charge in [0.25, 0.3) is 0 Å². The van der Waals surface area contributed by atoms with E-state index in [-0.39, 0.29) is 32.6 Å². The fourth-order valence-corrected chi connectivity index (χ4v) is 7.83. The molecule has 1 unspecified atom stereocenters. The van der Waals surface area contributed by atoms with Crippen LogP contribution in [-0.4, -0.2) is 49.3 Å². The van der Waals surface area contributed by atoms with E-state index in [4.69, 9.17) is 24.3 Å². The average Bonchev–Trinajstić information content (AvgIpc) is 3.20. The summed E-state index contributed by atoms with van der Waals surface area (Å²) in [5.41, 5.74) is 5.36. The second kappa shape index (κ2) is 44.3. The van der Waals surface area contributed by atoms with Gasteiger partial charge in [0.15, 0.2) is 6.10 Å². The molecule has 0 aromatic rings. The molecule has 0 saturated heterocycles. The summed E-state index contributed by atoms with van der Waals surface area (Å²) in [5, 5.41) is 0. The second-order valence-electron chi connectivity index (χ2n) is 16.3. The quantitative estimate of drug-likeness (QED) is 0.0266. The lowest BCUT2D eigenvalue weighted by molar-refractivity contribution is -0.161. The fourth-order valence-electron chi connectivity index (χ4n) is 7.07. The molecular weight excluding hydrogens is 737 g/mol. The van der Waals surface area contributed by atoms with Crippen molar-refractivity contribution in [2.75, 3.05) is 26.4 Å². The van der Waals surface area contributed by atoms with Crippen LogP contribution in [0.15, 0.2) is 12.2 Å². The molecule has 0 aromatic heterocycles. The van der Waals surface area contributed by atoms with Crippen LogP contribution in [0.4, 0.5) is 0 Å². The van der Waals surface area contributed by atoms with Crippen molar-refractivity contribution in [1.29, 1.82) is 0 Å². The fraction of sp³-hybridized carbons (Fsp3) is 0.915. The Labute approximate surface area is 351 Å². The number of carbonyl (C=O) groups is 2. The SMILES string of the molecule is CCCCCCCCCCCCC/C=C/CCC(=O)OC[C@H](COP(=O)(O)OCCN)OC(=O)CCCCCCCCCCCCCCCCCCCCCCC. The molecule has 0 bridgehead atoms. The molecular formula is C47H92NO8P. The molecule has 3 N–H and O–H groups in total. The van der Waals surface area contributed by atoms with Crippen LogP contribution >= 0.6 is 7.82 Å². The van der Waals surface area contributed by atoms with E-state index < -0.39 is 32.5 Å². The Morgan fingerprint density at radius 1 is 0.509 bits per heavy atom. The highest BCUT2D eigenvalue weighted by Crippen LogP contribution is 2.43. The molecule has 2 atom stereocenters. The van der Waals surface area contributed by atoms with Crippen molar-refractivity contribution in [3.05, 3.63) is 12.2 Å². The molecule has 9 nitrogen and oxygen atoms in total. The summed E-state index contributed by atoms with van der Waals surface area (Å²) >= 11 is 0. The third-order valence-corrected chi connectivity index (χ3v) is 11.6. The largest absolute Gasteiger partial charge is 0.472 e. The van der Waals surface area contributed by atoms with Gasteiger partial charge >= 0.3 is 19.8 Å². The molecule has 0 heterocycles. The zero-order valence-electron chi connectivity index (χ0n) is 37.3. The van der Waals surface area contributed by atoms with Gasteiger partial charge in [-0.05, 0) is 25.7 Å². The maximum atomic E-state index is 12.6. The highest BCUT2D eigenvalue weighted by atomic mass is 31.2. The van der Waals surface area contributed by atoms with Crippen LogP contribution in [0.3, 0.4) is 0 Å². The zero-order chi connectivity index (χ0) is 41.8. The van der Waals surface area contributed by atoms with E-state index in [0.717, 1.165) is 25.7 Å². The van der Waals surface area contributed by atoms with Gasteiger partial charge in [-0.1, -0.05) is 219 Å². The summed E-state index contributed by atoms with van der Waals surface area (Å²) in [6, 6.07) is 0. The third kappa shape index (κ3) is 44.1. The smallest absolute Gasteiger partial charge is 0.462 e. The molecule has 10 heteroatoms. The van der Waals surface area contributed by atoms with Crippen molar-refractivity contribution in [2.45, 2.75) is 251 Å². The normalized spacial score (nSPS) is 13.3. The van der Waals surface area contributed by atoms with Crippen molar-refractivity contribution in [3.63, 3.8) is 0 Å². The summed E-state index contributed by atoms with van der Waals surface area (Å²) < 4.78 is 32.8. The second-order valence-corrected chi connectivity index (χ2v) is 17.8. The average molecular weight is 830 g/mol. The lowest BCUT2D eigenvalue weighted by atomic mass is 10.0. The summed E-state index contributed by atoms with van der Waals surface area (Å²) in [4.78, 5) is 34.9. The van der Waals surface area contributed by atoms with Crippen LogP contribution in [0.5, 0.6) is 0 Å². The van der Waals surface area contributed by atoms with Crippen molar-refractivity contribution >= 4 is 19.8 Å². The van der Waals surface area contributed by atoms with Gasteiger partial charge in [-0.2, -0.15) is 0 Å². The van der Waals surface area contributed by atoms with E-state index in [9.17, 15) is 19.0 Å². The first kappa shape index (κ1) is 55.8. The molecule has 0 aliphatic carbocycles. The van der Waals surface area contributed by atoms with Crippen LogP contribution in [0.2, 0.25) is 0 Å². The van der Waals surface area contributed by atoms with Gasteiger partial charge in [-0.15, -0.1) is 0 Å². The van der Waals surface area contributed by atoms with Gasteiger partial charge in [0.2, 0.25) is 0 Å². The number of nitrogens with two attached hydrogens (primary N) is 1. The standard InChI is InChI=1S/C47H92NO8P/c1-3-5-7-9-11-13-15-17-19-20-21-22-23-24-26-28-30-32-34-36-38-40-47(50)56-45(44-55-57(51,52)54-42-41-48)43-53-46(49)39-37-35-33-31-29-27-25-18-16-14-12-10-8-6-4-2/h33,35,45H,3-32,34,36-44,48H2,1-2H3,(H,51,52)/b35-33+/t45-/m1/s1. The minimum Gasteiger partial charge on any atom is -0.462 e. The molecule has 0 rings (SSSR count). The topological polar surface area (TPSA) is 134 Å². The zero-order valence-corrected chi connectivity index (χ0v) is 38.2. The van der Waals surface area contributed by atoms with Crippen LogP contribution in [0.1, 0.15) is 245 Å². The number of ether oxygens (including phenoxy) is 2. The maximum absolute atomic E-state index is 12.6. The highest BCUT2D eigenvalue weighted by Gasteiger charge is 2.26. The van der Waals surface area contributed by atoms with E-state index in [1.54, 1.807) is 0 Å². The molecule has 0 aliphatic heterocycles. The highest BCUT2D eigenvalue weighted by molar-refractivity contribution is 7.47. The van der Waals surface area contributed by atoms with E-state index in [2.05, 4.69) is 19.9 Å². The monoisotopic (exact) mass is 830 g/mol. The predicted molar refractivity (Wildman–Crippen MR) is 238 cm³/mol. The molecule has 0 fully saturated rings. The predicted octanol–water partition coefficient (Wildman–Crippen LogP) is 14.2. The molecule has 57 heavy (non-hydrogen) atoms. The molecule has 0 radical (unpaired) electrons. The van der Waals surface area contributed by atoms with Crippen molar-refractivity contribution < 1.29 is 37.6 Å². The number of carbonyl (C=O) groups excluding carboxylic acids is 2. The number of unbranched alkanes of at least 4 members (excludes halogenated alkanes) is 31.